The Morgan fingerprint density at radius 3 is 2.59 bits per heavy atom. The molecule has 1 fully saturated rings. The average Bonchev–Trinajstić information content (AvgIpc) is 3.23. The number of aromatic nitrogens is 4. The predicted molar refractivity (Wildman–Crippen MR) is 119 cm³/mol. The van der Waals surface area contributed by atoms with Crippen molar-refractivity contribution in [1.82, 2.24) is 19.5 Å². The first kappa shape index (κ1) is 25.3. The van der Waals surface area contributed by atoms with Crippen molar-refractivity contribution < 1.29 is 33.0 Å². The molecular weight excluding hydrogens is 451 g/mol. The minimum Gasteiger partial charge on any atom is -0.463 e. The molecule has 3 heterocycles. The second-order valence-corrected chi connectivity index (χ2v) is 8.64. The molecule has 0 unspecified atom stereocenters. The van der Waals surface area contributed by atoms with E-state index in [4.69, 9.17) is 14.2 Å². The summed E-state index contributed by atoms with van der Waals surface area (Å²) in [5, 5.41) is 5.35. The van der Waals surface area contributed by atoms with Gasteiger partial charge in [-0.05, 0) is 12.8 Å². The van der Waals surface area contributed by atoms with Gasteiger partial charge in [-0.1, -0.05) is 13.8 Å². The molecule has 2 aromatic heterocycles. The summed E-state index contributed by atoms with van der Waals surface area (Å²) in [6.45, 7) is 7.11. The summed E-state index contributed by atoms with van der Waals surface area (Å²) in [5.74, 6) is -1.19. The molecule has 0 bridgehead atoms. The van der Waals surface area contributed by atoms with Crippen LogP contribution in [-0.4, -0.2) is 68.9 Å². The Hall–Kier alpha value is -3.35. The topological polar surface area (TPSA) is 147 Å². The zero-order valence-corrected chi connectivity index (χ0v) is 19.9. The van der Waals surface area contributed by atoms with E-state index in [0.29, 0.717) is 11.3 Å². The molecular formula is C21H29FN6O6. The normalized spacial score (nSPS) is 24.3. The lowest BCUT2D eigenvalue weighted by molar-refractivity contribution is -0.159. The van der Waals surface area contributed by atoms with Crippen molar-refractivity contribution in [2.75, 3.05) is 24.3 Å². The summed E-state index contributed by atoms with van der Waals surface area (Å²) >= 11 is 0. The van der Waals surface area contributed by atoms with E-state index < -0.39 is 42.0 Å². The number of alkyl halides is 1. The number of nitrogens with zero attached hydrogens (tertiary/aromatic N) is 4. The van der Waals surface area contributed by atoms with Gasteiger partial charge in [0, 0.05) is 27.3 Å². The second kappa shape index (κ2) is 9.87. The first-order chi connectivity index (χ1) is 15.9. The van der Waals surface area contributed by atoms with Crippen LogP contribution in [0.2, 0.25) is 0 Å². The largest absolute Gasteiger partial charge is 0.463 e. The molecule has 13 heteroatoms. The van der Waals surface area contributed by atoms with Gasteiger partial charge in [0.15, 0.2) is 35.0 Å². The third kappa shape index (κ3) is 5.24. The fraction of sp³-hybridized carbons (Fsp3) is 0.619. The lowest BCUT2D eigenvalue weighted by Gasteiger charge is -2.27. The molecule has 34 heavy (non-hydrogen) atoms. The van der Waals surface area contributed by atoms with Crippen LogP contribution in [0, 0.1) is 5.92 Å². The number of carbonyl (C=O) groups is 3. The number of nitrogens with one attached hydrogen (secondary N) is 2. The molecule has 1 aliphatic rings. The van der Waals surface area contributed by atoms with Crippen molar-refractivity contribution in [3.8, 4) is 0 Å². The highest BCUT2D eigenvalue weighted by Gasteiger charge is 2.58. The van der Waals surface area contributed by atoms with Crippen molar-refractivity contribution >= 4 is 40.8 Å². The summed E-state index contributed by atoms with van der Waals surface area (Å²) in [7, 11) is 1.61. The molecule has 3 rings (SSSR count). The molecule has 186 valence electrons. The fourth-order valence-corrected chi connectivity index (χ4v) is 3.75. The summed E-state index contributed by atoms with van der Waals surface area (Å²) in [6, 6.07) is 0. The average molecular weight is 480 g/mol. The van der Waals surface area contributed by atoms with Gasteiger partial charge in [0.1, 0.15) is 12.7 Å². The van der Waals surface area contributed by atoms with Crippen molar-refractivity contribution in [2.45, 2.75) is 65.1 Å². The quantitative estimate of drug-likeness (QED) is 0.538. The van der Waals surface area contributed by atoms with E-state index in [9.17, 15) is 14.4 Å². The maximum absolute atomic E-state index is 16.1. The van der Waals surface area contributed by atoms with Crippen molar-refractivity contribution in [1.29, 1.82) is 0 Å². The van der Waals surface area contributed by atoms with Crippen LogP contribution in [0.25, 0.3) is 11.2 Å². The van der Waals surface area contributed by atoms with Crippen molar-refractivity contribution in [3.05, 3.63) is 6.33 Å². The predicted octanol–water partition coefficient (Wildman–Crippen LogP) is 1.97. The summed E-state index contributed by atoms with van der Waals surface area (Å²) in [4.78, 5) is 48.0. The van der Waals surface area contributed by atoms with E-state index in [-0.39, 0.29) is 30.5 Å². The highest BCUT2D eigenvalue weighted by Crippen LogP contribution is 2.44. The number of hydrogen-bond donors (Lipinski definition) is 2. The Morgan fingerprint density at radius 1 is 1.29 bits per heavy atom. The van der Waals surface area contributed by atoms with Crippen LogP contribution >= 0.6 is 0 Å². The number of ether oxygens (including phenoxy) is 3. The lowest BCUT2D eigenvalue weighted by atomic mass is 9.98. The minimum atomic E-state index is -2.24. The summed E-state index contributed by atoms with van der Waals surface area (Å²) in [6.07, 6.45) is -2.26. The number of imidazole rings is 1. The van der Waals surface area contributed by atoms with Crippen LogP contribution in [0.5, 0.6) is 0 Å². The number of hydrogen-bond acceptors (Lipinski definition) is 10. The molecule has 0 aliphatic carbocycles. The third-order valence-electron chi connectivity index (χ3n) is 5.16. The maximum Gasteiger partial charge on any atom is 0.306 e. The van der Waals surface area contributed by atoms with Crippen molar-refractivity contribution in [3.63, 3.8) is 0 Å². The van der Waals surface area contributed by atoms with Crippen LogP contribution in [0.15, 0.2) is 6.33 Å². The molecule has 2 N–H and O–H groups in total. The van der Waals surface area contributed by atoms with Crippen molar-refractivity contribution in [2.24, 2.45) is 5.92 Å². The monoisotopic (exact) mass is 480 g/mol. The lowest BCUT2D eigenvalue weighted by Crippen LogP contribution is -2.44. The van der Waals surface area contributed by atoms with Gasteiger partial charge in [0.05, 0.1) is 6.33 Å². The second-order valence-electron chi connectivity index (χ2n) is 8.64. The van der Waals surface area contributed by atoms with E-state index in [1.165, 1.54) is 24.7 Å². The Labute approximate surface area is 195 Å². The van der Waals surface area contributed by atoms with E-state index in [0.717, 1.165) is 6.92 Å². The Balaban J connectivity index is 1.98. The number of fused-ring (bicyclic) bond motifs is 1. The minimum absolute atomic E-state index is 0.0136. The van der Waals surface area contributed by atoms with Gasteiger partial charge in [-0.3, -0.25) is 24.3 Å². The Kier molecular flexibility index (Phi) is 7.34. The highest BCUT2D eigenvalue weighted by molar-refractivity contribution is 5.90. The van der Waals surface area contributed by atoms with E-state index in [1.54, 1.807) is 7.05 Å². The molecule has 0 spiro atoms. The van der Waals surface area contributed by atoms with Gasteiger partial charge in [0.2, 0.25) is 11.9 Å². The number of amides is 1. The van der Waals surface area contributed by atoms with Crippen LogP contribution in [0.1, 0.15) is 47.3 Å². The smallest absolute Gasteiger partial charge is 0.306 e. The fourth-order valence-electron chi connectivity index (χ4n) is 3.75. The first-order valence-electron chi connectivity index (χ1n) is 10.8. The van der Waals surface area contributed by atoms with Gasteiger partial charge in [0.25, 0.3) is 0 Å². The third-order valence-corrected chi connectivity index (χ3v) is 5.16. The van der Waals surface area contributed by atoms with Gasteiger partial charge < -0.3 is 19.5 Å². The van der Waals surface area contributed by atoms with E-state index in [1.807, 2.05) is 13.8 Å². The molecule has 1 saturated heterocycles. The molecule has 2 aromatic rings. The molecule has 4 atom stereocenters. The molecule has 0 radical (unpaired) electrons. The Morgan fingerprint density at radius 2 is 2.00 bits per heavy atom. The number of carbonyl (C=O) groups excluding carboxylic acids is 3. The van der Waals surface area contributed by atoms with Gasteiger partial charge in [-0.2, -0.15) is 9.97 Å². The highest BCUT2D eigenvalue weighted by atomic mass is 19.1. The zero-order valence-electron chi connectivity index (χ0n) is 19.9. The molecule has 0 saturated carbocycles. The van der Waals surface area contributed by atoms with Gasteiger partial charge in [-0.25, -0.2) is 9.37 Å². The number of anilines is 2. The van der Waals surface area contributed by atoms with Crippen LogP contribution in [0.3, 0.4) is 0 Å². The number of rotatable bonds is 8. The molecule has 12 nitrogen and oxygen atoms in total. The molecule has 1 aliphatic heterocycles. The summed E-state index contributed by atoms with van der Waals surface area (Å²) in [5.41, 5.74) is -1.75. The Bertz CT molecular complexity index is 1090. The number of esters is 2. The SMILES string of the molecule is CNc1nc(NC(C)=O)nc2c1ncn2[C@@H]1O[C@H](COC(=O)CC(C)C)[C@@H](OC(C)=O)[C@@]1(C)F. The number of halogens is 1. The van der Waals surface area contributed by atoms with Crippen LogP contribution < -0.4 is 10.6 Å². The summed E-state index contributed by atoms with van der Waals surface area (Å²) < 4.78 is 33.9. The zero-order chi connectivity index (χ0) is 25.2. The van der Waals surface area contributed by atoms with Crippen LogP contribution in [-0.2, 0) is 28.6 Å². The van der Waals surface area contributed by atoms with E-state index >= 15 is 4.39 Å². The molecule has 0 aromatic carbocycles. The maximum atomic E-state index is 16.1. The standard InChI is InChI=1S/C21H29FN6O6/c1-10(2)7-14(31)32-8-13-16(33-12(4)30)21(5,22)19(34-13)28-9-24-15-17(23-6)26-20(25-11(3)29)27-18(15)28/h9-10,13,16,19H,7-8H2,1-6H3,(H2,23,25,26,27,29)/t13-,16-,19-,21-/m1/s1. The van der Waals surface area contributed by atoms with Crippen LogP contribution in [0.4, 0.5) is 16.2 Å². The van der Waals surface area contributed by atoms with E-state index in [2.05, 4.69) is 25.6 Å². The van der Waals surface area contributed by atoms with Gasteiger partial charge >= 0.3 is 11.9 Å². The van der Waals surface area contributed by atoms with Gasteiger partial charge in [-0.15, -0.1) is 0 Å². The first-order valence-corrected chi connectivity index (χ1v) is 10.8. The molecule has 1 amide bonds.